The summed E-state index contributed by atoms with van der Waals surface area (Å²) in [5.41, 5.74) is 18.3. The molecule has 0 bridgehead atoms. The molecule has 0 aliphatic carbocycles. The topological polar surface area (TPSA) is 110 Å². The number of anilines is 6. The summed E-state index contributed by atoms with van der Waals surface area (Å²) in [6.45, 7) is 9.31. The molecule has 0 saturated carbocycles. The molecule has 2 aliphatic heterocycles. The van der Waals surface area contributed by atoms with Crippen molar-refractivity contribution in [3.63, 3.8) is 0 Å². The lowest BCUT2D eigenvalue weighted by Gasteiger charge is -2.43. The number of pyridine rings is 4. The van der Waals surface area contributed by atoms with E-state index in [0.29, 0.717) is 23.0 Å². The van der Waals surface area contributed by atoms with Crippen LogP contribution in [0.1, 0.15) is 49.9 Å². The molecule has 78 heavy (non-hydrogen) atoms. The summed E-state index contributed by atoms with van der Waals surface area (Å²) in [6, 6.07) is 68.3. The van der Waals surface area contributed by atoms with Gasteiger partial charge in [-0.3, -0.25) is 19.9 Å². The highest BCUT2D eigenvalue weighted by Crippen LogP contribution is 2.57. The van der Waals surface area contributed by atoms with Crippen molar-refractivity contribution in [3.8, 4) is 68.1 Å². The highest BCUT2D eigenvalue weighted by molar-refractivity contribution is 6.12. The molecule has 14 rings (SSSR count). The van der Waals surface area contributed by atoms with Gasteiger partial charge < -0.3 is 9.80 Å². The molecule has 372 valence electrons. The van der Waals surface area contributed by atoms with Gasteiger partial charge in [0.05, 0.1) is 68.3 Å². The number of hydrogen-bond donors (Lipinski definition) is 0. The Kier molecular flexibility index (Phi) is 10.9. The van der Waals surface area contributed by atoms with Gasteiger partial charge in [-0.05, 0) is 131 Å². The Morgan fingerprint density at radius 1 is 0.295 bits per heavy atom. The quantitative estimate of drug-likeness (QED) is 0.146. The van der Waals surface area contributed by atoms with E-state index in [1.54, 1.807) is 24.8 Å². The summed E-state index contributed by atoms with van der Waals surface area (Å²) in [5.74, 6) is 1.10. The Morgan fingerprint density at radius 3 is 1.00 bits per heavy atom. The van der Waals surface area contributed by atoms with Crippen LogP contribution in [-0.4, -0.2) is 39.9 Å². The van der Waals surface area contributed by atoms with Crippen molar-refractivity contribution < 1.29 is 0 Å². The number of fused-ring (bicyclic) bond motifs is 5. The third-order valence-electron chi connectivity index (χ3n) is 15.5. The van der Waals surface area contributed by atoms with Crippen LogP contribution >= 0.6 is 0 Å². The summed E-state index contributed by atoms with van der Waals surface area (Å²) in [5, 5.41) is 2.01. The molecule has 10 nitrogen and oxygen atoms in total. The lowest BCUT2D eigenvalue weighted by molar-refractivity contribution is 0.632. The Hall–Kier alpha value is -10.1. The Balaban J connectivity index is 1.15. The van der Waals surface area contributed by atoms with Gasteiger partial charge in [0.2, 0.25) is 0 Å². The van der Waals surface area contributed by atoms with Gasteiger partial charge in [0, 0.05) is 81.0 Å². The van der Waals surface area contributed by atoms with E-state index in [-0.39, 0.29) is 10.8 Å². The molecule has 8 heterocycles. The predicted octanol–water partition coefficient (Wildman–Crippen LogP) is 16.2. The van der Waals surface area contributed by atoms with Crippen LogP contribution in [0.5, 0.6) is 0 Å². The number of rotatable bonds is 8. The third kappa shape index (κ3) is 7.71. The van der Waals surface area contributed by atoms with Gasteiger partial charge in [-0.25, -0.2) is 19.9 Å². The van der Waals surface area contributed by atoms with Crippen LogP contribution < -0.4 is 9.80 Å². The Labute approximate surface area is 452 Å². The average molecular weight is 1010 g/mol. The minimum atomic E-state index is -0.310. The molecule has 0 atom stereocenters. The van der Waals surface area contributed by atoms with Crippen LogP contribution in [0.2, 0.25) is 0 Å². The second-order valence-corrected chi connectivity index (χ2v) is 20.9. The zero-order chi connectivity index (χ0) is 52.5. The molecule has 12 aromatic rings. The number of aromatic nitrogens is 8. The van der Waals surface area contributed by atoms with E-state index in [2.05, 4.69) is 181 Å². The largest absolute Gasteiger partial charge is 0.309 e. The summed E-state index contributed by atoms with van der Waals surface area (Å²) in [6.07, 6.45) is 10.8. The molecule has 0 fully saturated rings. The summed E-state index contributed by atoms with van der Waals surface area (Å²) in [4.78, 5) is 44.7. The van der Waals surface area contributed by atoms with E-state index >= 15 is 0 Å². The minimum Gasteiger partial charge on any atom is -0.309 e. The van der Waals surface area contributed by atoms with E-state index in [1.165, 1.54) is 22.3 Å². The van der Waals surface area contributed by atoms with Crippen LogP contribution in [-0.2, 0) is 10.8 Å². The van der Waals surface area contributed by atoms with Gasteiger partial charge >= 0.3 is 0 Å². The SMILES string of the molecule is CC1(C)c2ccccc2N(c2cc(-c3cc(-c4ccccn4)nc(-c4cccnc4)n3)cc3c(N4c5ccccc5C(C)(C)c5ccccc54)cc(-c4cc(-c5ccccn5)nc(-c5cccnc5)n4)cc23)c2ccccc21. The van der Waals surface area contributed by atoms with Gasteiger partial charge in [0.15, 0.2) is 11.6 Å². The van der Waals surface area contributed by atoms with Crippen molar-refractivity contribution in [2.45, 2.75) is 38.5 Å². The Bertz CT molecular complexity index is 3790. The van der Waals surface area contributed by atoms with Crippen molar-refractivity contribution in [2.24, 2.45) is 0 Å². The standard InChI is InChI=1S/C68H50N10/c1-67(2)49-21-5-9-27-59(49)77(60-28-10-6-22-50(60)67)63-37-45(55-39-57(53-25-13-15-33-71-53)75-65(73-55)43-19-17-31-69-41-43)36-48-47(63)35-46(56-40-58(54-26-14-16-34-72-54)76-66(74-56)44-20-18-32-70-42-44)38-64(48)78-61-29-11-7-23-51(61)68(3,4)52-24-8-12-30-62(52)78/h5-42H,1-4H3. The lowest BCUT2D eigenvalue weighted by Crippen LogP contribution is -2.31. The molecular formula is C68H50N10. The summed E-state index contributed by atoms with van der Waals surface area (Å²) < 4.78 is 0. The van der Waals surface area contributed by atoms with Gasteiger partial charge in [0.1, 0.15) is 0 Å². The monoisotopic (exact) mass is 1010 g/mol. The third-order valence-corrected chi connectivity index (χ3v) is 15.5. The fraction of sp³-hybridized carbons (Fsp3) is 0.0882. The van der Waals surface area contributed by atoms with Crippen LogP contribution in [0.4, 0.5) is 34.1 Å². The van der Waals surface area contributed by atoms with Crippen molar-refractivity contribution in [1.82, 2.24) is 39.9 Å². The molecular weight excluding hydrogens is 957 g/mol. The molecule has 2 aliphatic rings. The molecule has 6 aromatic carbocycles. The minimum absolute atomic E-state index is 0.310. The highest BCUT2D eigenvalue weighted by atomic mass is 15.2. The van der Waals surface area contributed by atoms with Crippen molar-refractivity contribution in [3.05, 3.63) is 254 Å². The van der Waals surface area contributed by atoms with Crippen molar-refractivity contribution in [1.29, 1.82) is 0 Å². The van der Waals surface area contributed by atoms with E-state index in [0.717, 1.165) is 89.9 Å². The van der Waals surface area contributed by atoms with E-state index in [4.69, 9.17) is 29.9 Å². The fourth-order valence-corrected chi connectivity index (χ4v) is 11.7. The maximum absolute atomic E-state index is 5.44. The summed E-state index contributed by atoms with van der Waals surface area (Å²) >= 11 is 0. The first-order chi connectivity index (χ1) is 38.2. The number of hydrogen-bond acceptors (Lipinski definition) is 10. The molecule has 0 N–H and O–H groups in total. The first-order valence-corrected chi connectivity index (χ1v) is 26.2. The molecule has 0 radical (unpaired) electrons. The second kappa shape index (κ2) is 18.4. The molecule has 0 spiro atoms. The van der Waals surface area contributed by atoms with Crippen LogP contribution in [0.3, 0.4) is 0 Å². The first kappa shape index (κ1) is 46.5. The van der Waals surface area contributed by atoms with Crippen LogP contribution in [0.15, 0.2) is 231 Å². The number of benzene rings is 6. The smallest absolute Gasteiger partial charge is 0.162 e. The lowest BCUT2D eigenvalue weighted by atomic mass is 9.73. The van der Waals surface area contributed by atoms with Crippen molar-refractivity contribution >= 4 is 44.9 Å². The molecule has 6 aromatic heterocycles. The number of nitrogens with zero attached hydrogens (tertiary/aromatic N) is 10. The second-order valence-electron chi connectivity index (χ2n) is 20.9. The van der Waals surface area contributed by atoms with E-state index in [1.807, 2.05) is 73.1 Å². The van der Waals surface area contributed by atoms with E-state index in [9.17, 15) is 0 Å². The predicted molar refractivity (Wildman–Crippen MR) is 313 cm³/mol. The summed E-state index contributed by atoms with van der Waals surface area (Å²) in [7, 11) is 0. The zero-order valence-corrected chi connectivity index (χ0v) is 43.4. The van der Waals surface area contributed by atoms with Gasteiger partial charge in [-0.1, -0.05) is 113 Å². The maximum atomic E-state index is 5.44. The molecule has 0 saturated heterocycles. The van der Waals surface area contributed by atoms with E-state index < -0.39 is 0 Å². The number of para-hydroxylation sites is 4. The average Bonchev–Trinajstić information content (AvgIpc) is 3.68. The normalized spacial score (nSPS) is 13.8. The first-order valence-electron chi connectivity index (χ1n) is 26.2. The fourth-order valence-electron chi connectivity index (χ4n) is 11.7. The van der Waals surface area contributed by atoms with Gasteiger partial charge in [-0.2, -0.15) is 0 Å². The highest BCUT2D eigenvalue weighted by Gasteiger charge is 2.40. The van der Waals surface area contributed by atoms with Gasteiger partial charge in [-0.15, -0.1) is 0 Å². The van der Waals surface area contributed by atoms with Crippen molar-refractivity contribution in [2.75, 3.05) is 9.80 Å². The maximum Gasteiger partial charge on any atom is 0.162 e. The molecule has 0 amide bonds. The molecule has 0 unspecified atom stereocenters. The van der Waals surface area contributed by atoms with Crippen LogP contribution in [0.25, 0.3) is 78.8 Å². The Morgan fingerprint density at radius 2 is 0.654 bits per heavy atom. The molecule has 10 heteroatoms. The zero-order valence-electron chi connectivity index (χ0n) is 43.4. The van der Waals surface area contributed by atoms with Crippen LogP contribution in [0, 0.1) is 0 Å². The van der Waals surface area contributed by atoms with Gasteiger partial charge in [0.25, 0.3) is 0 Å².